The number of rotatable bonds is 7. The number of amidine groups is 1. The zero-order valence-corrected chi connectivity index (χ0v) is 21.6. The Labute approximate surface area is 211 Å². The van der Waals surface area contributed by atoms with Gasteiger partial charge in [-0.25, -0.2) is 0 Å². The summed E-state index contributed by atoms with van der Waals surface area (Å²) in [6.45, 7) is 9.47. The lowest BCUT2D eigenvalue weighted by molar-refractivity contribution is -0.142. The fourth-order valence-electron chi connectivity index (χ4n) is 4.62. The van der Waals surface area contributed by atoms with Crippen LogP contribution in [0.25, 0.3) is 0 Å². The van der Waals surface area contributed by atoms with Crippen molar-refractivity contribution in [3.63, 3.8) is 0 Å². The van der Waals surface area contributed by atoms with Gasteiger partial charge < -0.3 is 24.8 Å². The molecule has 1 saturated heterocycles. The highest BCUT2D eigenvalue weighted by Gasteiger charge is 2.41. The molecule has 2 heterocycles. The minimum atomic E-state index is -0.759. The number of ether oxygens (including phenoxy) is 2. The first kappa shape index (κ1) is 25.5. The SMILES string of the molecule is CCOC(=O)C1SC(N2CC(C)NC(CC(C)(C)O)C2)=NC1c1ccc(Oc2ccccc2)cc1. The van der Waals surface area contributed by atoms with Crippen molar-refractivity contribution in [2.45, 2.75) is 63.1 Å². The first-order valence-corrected chi connectivity index (χ1v) is 13.1. The molecule has 4 rings (SSSR count). The van der Waals surface area contributed by atoms with Gasteiger partial charge in [0.2, 0.25) is 0 Å². The smallest absolute Gasteiger partial charge is 0.322 e. The lowest BCUT2D eigenvalue weighted by Gasteiger charge is -2.40. The Morgan fingerprint density at radius 1 is 1.14 bits per heavy atom. The summed E-state index contributed by atoms with van der Waals surface area (Å²) in [5.41, 5.74) is 0.187. The predicted molar refractivity (Wildman–Crippen MR) is 140 cm³/mol. The van der Waals surface area contributed by atoms with Crippen LogP contribution >= 0.6 is 11.8 Å². The van der Waals surface area contributed by atoms with Crippen LogP contribution in [0.5, 0.6) is 11.5 Å². The van der Waals surface area contributed by atoms with E-state index in [0.29, 0.717) is 13.0 Å². The third-order valence-electron chi connectivity index (χ3n) is 5.96. The Morgan fingerprint density at radius 3 is 2.49 bits per heavy atom. The van der Waals surface area contributed by atoms with Crippen molar-refractivity contribution < 1.29 is 19.4 Å². The molecule has 4 atom stereocenters. The minimum Gasteiger partial charge on any atom is -0.465 e. The molecule has 0 bridgehead atoms. The van der Waals surface area contributed by atoms with Gasteiger partial charge in [-0.3, -0.25) is 9.79 Å². The molecule has 8 heteroatoms. The second-order valence-corrected chi connectivity index (χ2v) is 10.9. The summed E-state index contributed by atoms with van der Waals surface area (Å²) < 4.78 is 11.3. The zero-order valence-electron chi connectivity index (χ0n) is 20.8. The molecule has 0 amide bonds. The highest BCUT2D eigenvalue weighted by Crippen LogP contribution is 2.40. The van der Waals surface area contributed by atoms with Crippen LogP contribution < -0.4 is 10.1 Å². The largest absolute Gasteiger partial charge is 0.465 e. The normalized spacial score (nSPS) is 24.7. The van der Waals surface area contributed by atoms with Crippen LogP contribution in [0.2, 0.25) is 0 Å². The minimum absolute atomic E-state index is 0.136. The van der Waals surface area contributed by atoms with E-state index in [2.05, 4.69) is 17.1 Å². The van der Waals surface area contributed by atoms with Gasteiger partial charge in [-0.05, 0) is 63.9 Å². The molecule has 7 nitrogen and oxygen atoms in total. The quantitative estimate of drug-likeness (QED) is 0.550. The standard InChI is InChI=1S/C27H35N3O4S/c1-5-33-25(31)24-23(19-11-13-22(14-12-19)34-21-9-7-6-8-10-21)29-26(35-24)30-16-18(2)28-20(17-30)15-27(3,4)32/h6-14,18,20,23-24,28,32H,5,15-17H2,1-4H3. The van der Waals surface area contributed by atoms with E-state index >= 15 is 0 Å². The van der Waals surface area contributed by atoms with Gasteiger partial charge in [0.25, 0.3) is 0 Å². The van der Waals surface area contributed by atoms with Crippen molar-refractivity contribution in [2.75, 3.05) is 19.7 Å². The van der Waals surface area contributed by atoms with Crippen LogP contribution in [-0.4, -0.2) is 63.8 Å². The van der Waals surface area contributed by atoms with Crippen LogP contribution in [0.3, 0.4) is 0 Å². The predicted octanol–water partition coefficient (Wildman–Crippen LogP) is 4.38. The van der Waals surface area contributed by atoms with E-state index in [-0.39, 0.29) is 24.1 Å². The fraction of sp³-hybridized carbons (Fsp3) is 0.481. The van der Waals surface area contributed by atoms with Crippen molar-refractivity contribution in [2.24, 2.45) is 4.99 Å². The maximum Gasteiger partial charge on any atom is 0.322 e. The average Bonchev–Trinajstić information content (AvgIpc) is 3.25. The molecular formula is C27H35N3O4S. The van der Waals surface area contributed by atoms with Crippen molar-refractivity contribution in [3.05, 3.63) is 60.2 Å². The number of esters is 1. The number of hydrogen-bond acceptors (Lipinski definition) is 8. The number of hydrogen-bond donors (Lipinski definition) is 2. The summed E-state index contributed by atoms with van der Waals surface area (Å²) in [6, 6.07) is 17.4. The Morgan fingerprint density at radius 2 is 1.83 bits per heavy atom. The number of aliphatic imine (C=N–C) groups is 1. The lowest BCUT2D eigenvalue weighted by Crippen LogP contribution is -2.57. The molecule has 0 saturated carbocycles. The Hall–Kier alpha value is -2.55. The van der Waals surface area contributed by atoms with Gasteiger partial charge in [-0.2, -0.15) is 0 Å². The van der Waals surface area contributed by atoms with E-state index in [0.717, 1.165) is 35.3 Å². The number of carbonyl (C=O) groups excluding carboxylic acids is 1. The summed E-state index contributed by atoms with van der Waals surface area (Å²) in [4.78, 5) is 20.1. The van der Waals surface area contributed by atoms with E-state index in [1.54, 1.807) is 0 Å². The molecule has 0 aromatic heterocycles. The van der Waals surface area contributed by atoms with Gasteiger partial charge in [-0.1, -0.05) is 42.1 Å². The van der Waals surface area contributed by atoms with E-state index in [1.165, 1.54) is 11.8 Å². The van der Waals surface area contributed by atoms with Crippen molar-refractivity contribution in [1.29, 1.82) is 0 Å². The van der Waals surface area contributed by atoms with Crippen LogP contribution in [0.15, 0.2) is 59.6 Å². The number of benzene rings is 2. The van der Waals surface area contributed by atoms with Gasteiger partial charge in [0.05, 0.1) is 12.2 Å². The van der Waals surface area contributed by atoms with Crippen molar-refractivity contribution in [3.8, 4) is 11.5 Å². The average molecular weight is 498 g/mol. The molecule has 4 unspecified atom stereocenters. The molecule has 0 aliphatic carbocycles. The summed E-state index contributed by atoms with van der Waals surface area (Å²) in [6.07, 6.45) is 0.638. The first-order chi connectivity index (χ1) is 16.7. The number of thioether (sulfide) groups is 1. The Bertz CT molecular complexity index is 1020. The number of aliphatic hydroxyl groups is 1. The molecule has 188 valence electrons. The van der Waals surface area contributed by atoms with Gasteiger partial charge >= 0.3 is 5.97 Å². The van der Waals surface area contributed by atoms with E-state index < -0.39 is 10.9 Å². The summed E-state index contributed by atoms with van der Waals surface area (Å²) in [5, 5.41) is 14.3. The molecule has 2 aromatic rings. The van der Waals surface area contributed by atoms with Crippen LogP contribution in [0.4, 0.5) is 0 Å². The summed E-state index contributed by atoms with van der Waals surface area (Å²) >= 11 is 1.48. The molecule has 2 aliphatic rings. The van der Waals surface area contributed by atoms with Gasteiger partial charge in [0.15, 0.2) is 5.17 Å². The summed E-state index contributed by atoms with van der Waals surface area (Å²) in [7, 11) is 0. The van der Waals surface area contributed by atoms with Gasteiger partial charge in [0.1, 0.15) is 22.8 Å². The number of piperazine rings is 1. The van der Waals surface area contributed by atoms with Crippen LogP contribution in [-0.2, 0) is 9.53 Å². The topological polar surface area (TPSA) is 83.4 Å². The van der Waals surface area contributed by atoms with Gasteiger partial charge in [0, 0.05) is 25.2 Å². The molecule has 2 aliphatic heterocycles. The van der Waals surface area contributed by atoms with Gasteiger partial charge in [-0.15, -0.1) is 0 Å². The lowest BCUT2D eigenvalue weighted by atomic mass is 9.96. The molecule has 1 fully saturated rings. The Kier molecular flexibility index (Phi) is 8.04. The number of carbonyl (C=O) groups is 1. The second-order valence-electron chi connectivity index (χ2n) is 9.82. The molecule has 2 aromatic carbocycles. The number of nitrogens with zero attached hydrogens (tertiary/aromatic N) is 2. The monoisotopic (exact) mass is 497 g/mol. The molecule has 2 N–H and O–H groups in total. The third kappa shape index (κ3) is 6.78. The van der Waals surface area contributed by atoms with Crippen molar-refractivity contribution in [1.82, 2.24) is 10.2 Å². The summed E-state index contributed by atoms with van der Waals surface area (Å²) in [5.74, 6) is 1.25. The van der Waals surface area contributed by atoms with E-state index in [9.17, 15) is 9.90 Å². The van der Waals surface area contributed by atoms with Crippen LogP contribution in [0.1, 0.15) is 45.7 Å². The third-order valence-corrected chi connectivity index (χ3v) is 7.24. The molecule has 35 heavy (non-hydrogen) atoms. The fourth-order valence-corrected chi connectivity index (χ4v) is 5.83. The highest BCUT2D eigenvalue weighted by atomic mass is 32.2. The zero-order chi connectivity index (χ0) is 25.0. The molecule has 0 radical (unpaired) electrons. The maximum absolute atomic E-state index is 12.9. The molecule has 0 spiro atoms. The number of nitrogens with one attached hydrogen (secondary N) is 1. The molecular weight excluding hydrogens is 462 g/mol. The maximum atomic E-state index is 12.9. The van der Waals surface area contributed by atoms with E-state index in [4.69, 9.17) is 14.5 Å². The van der Waals surface area contributed by atoms with Crippen LogP contribution in [0, 0.1) is 0 Å². The van der Waals surface area contributed by atoms with E-state index in [1.807, 2.05) is 75.4 Å². The second kappa shape index (κ2) is 11.0. The number of para-hydroxylation sites is 1. The first-order valence-electron chi connectivity index (χ1n) is 12.2. The van der Waals surface area contributed by atoms with Crippen molar-refractivity contribution >= 4 is 22.9 Å². The Balaban J connectivity index is 1.54. The highest BCUT2D eigenvalue weighted by molar-refractivity contribution is 8.15.